The number of rotatable bonds is 5. The van der Waals surface area contributed by atoms with Crippen molar-refractivity contribution in [2.24, 2.45) is 0 Å². The van der Waals surface area contributed by atoms with E-state index in [1.54, 1.807) is 0 Å². The number of hydrogen-bond donors (Lipinski definition) is 3. The summed E-state index contributed by atoms with van der Waals surface area (Å²) >= 11 is 0. The number of hydrogen-bond acceptors (Lipinski definition) is 7. The summed E-state index contributed by atoms with van der Waals surface area (Å²) in [6, 6.07) is 13.2. The van der Waals surface area contributed by atoms with Gasteiger partial charge in [-0.25, -0.2) is 0 Å². The molecule has 0 saturated heterocycles. The Hall–Kier alpha value is -3.68. The Kier molecular flexibility index (Phi) is 4.89. The highest BCUT2D eigenvalue weighted by Crippen LogP contribution is 2.32. The number of nitrogens with zero attached hydrogens (tertiary/aromatic N) is 3. The van der Waals surface area contributed by atoms with E-state index in [1.165, 1.54) is 0 Å². The number of anilines is 5. The first kappa shape index (κ1) is 18.1. The lowest BCUT2D eigenvalue weighted by atomic mass is 10.1. The molecule has 1 aromatic heterocycles. The molecule has 0 radical (unpaired) electrons. The summed E-state index contributed by atoms with van der Waals surface area (Å²) in [5.41, 5.74) is 10.3. The Morgan fingerprint density at radius 1 is 0.926 bits per heavy atom. The van der Waals surface area contributed by atoms with Gasteiger partial charge in [0.15, 0.2) is 0 Å². The van der Waals surface area contributed by atoms with Crippen molar-refractivity contribution in [3.8, 4) is 0 Å². The first-order valence-electron chi connectivity index (χ1n) is 8.33. The van der Waals surface area contributed by atoms with Crippen LogP contribution < -0.4 is 16.4 Å². The van der Waals surface area contributed by atoms with E-state index >= 15 is 0 Å². The number of nitrogens with one attached hydrogen (secondary N) is 2. The number of aryl methyl sites for hydroxylation is 3. The molecule has 27 heavy (non-hydrogen) atoms. The van der Waals surface area contributed by atoms with Crippen LogP contribution in [0.4, 0.5) is 34.6 Å². The second-order valence-electron chi connectivity index (χ2n) is 6.30. The third kappa shape index (κ3) is 4.12. The van der Waals surface area contributed by atoms with Crippen LogP contribution >= 0.6 is 0 Å². The topological polar surface area (TPSA) is 119 Å². The molecule has 0 amide bonds. The lowest BCUT2D eigenvalue weighted by Gasteiger charge is -2.11. The molecule has 138 valence electrons. The van der Waals surface area contributed by atoms with Gasteiger partial charge in [-0.1, -0.05) is 23.8 Å². The molecule has 0 spiro atoms. The number of benzene rings is 2. The van der Waals surface area contributed by atoms with Crippen molar-refractivity contribution in [2.45, 2.75) is 20.8 Å². The monoisotopic (exact) mass is 364 g/mol. The number of aromatic nitrogens is 2. The summed E-state index contributed by atoms with van der Waals surface area (Å²) in [5, 5.41) is 17.4. The number of nitrogen functional groups attached to an aromatic ring is 1. The zero-order valence-electron chi connectivity index (χ0n) is 15.3. The van der Waals surface area contributed by atoms with Crippen LogP contribution in [0.15, 0.2) is 42.5 Å². The maximum absolute atomic E-state index is 11.4. The van der Waals surface area contributed by atoms with Gasteiger partial charge in [-0.3, -0.25) is 10.1 Å². The van der Waals surface area contributed by atoms with Gasteiger partial charge >= 0.3 is 5.69 Å². The smallest absolute Gasteiger partial charge is 0.353 e. The summed E-state index contributed by atoms with van der Waals surface area (Å²) < 4.78 is 0. The predicted octanol–water partition coefficient (Wildman–Crippen LogP) is 4.38. The maximum Gasteiger partial charge on any atom is 0.353 e. The highest BCUT2D eigenvalue weighted by molar-refractivity contribution is 5.75. The van der Waals surface area contributed by atoms with Gasteiger partial charge in [0.2, 0.25) is 17.6 Å². The largest absolute Gasteiger partial charge is 0.378 e. The van der Waals surface area contributed by atoms with Gasteiger partial charge in [0.1, 0.15) is 0 Å². The van der Waals surface area contributed by atoms with E-state index in [0.717, 1.165) is 22.4 Å². The maximum atomic E-state index is 11.4. The van der Waals surface area contributed by atoms with Gasteiger partial charge in [0.25, 0.3) is 0 Å². The SMILES string of the molecule is Cc1ccc(Nc2nc(Nc3ccc(C)c(C)c3)nc(N)c2[N+](=O)[O-])cc1. The molecule has 8 heteroatoms. The molecular weight excluding hydrogens is 344 g/mol. The van der Waals surface area contributed by atoms with Crippen LogP contribution in [0.3, 0.4) is 0 Å². The van der Waals surface area contributed by atoms with E-state index in [-0.39, 0.29) is 23.3 Å². The summed E-state index contributed by atoms with van der Waals surface area (Å²) in [5.74, 6) is -0.00500. The van der Waals surface area contributed by atoms with Gasteiger partial charge in [0.05, 0.1) is 4.92 Å². The summed E-state index contributed by atoms with van der Waals surface area (Å²) in [6.07, 6.45) is 0. The Morgan fingerprint density at radius 2 is 1.59 bits per heavy atom. The van der Waals surface area contributed by atoms with Crippen molar-refractivity contribution < 1.29 is 4.92 Å². The molecule has 0 aliphatic rings. The quantitative estimate of drug-likeness (QED) is 0.454. The molecule has 0 fully saturated rings. The van der Waals surface area contributed by atoms with Crippen molar-refractivity contribution in [3.05, 3.63) is 69.3 Å². The van der Waals surface area contributed by atoms with Crippen LogP contribution in [-0.4, -0.2) is 14.9 Å². The third-order valence-electron chi connectivity index (χ3n) is 4.17. The molecule has 0 bridgehead atoms. The van der Waals surface area contributed by atoms with Gasteiger partial charge in [0, 0.05) is 11.4 Å². The molecule has 3 rings (SSSR count). The van der Waals surface area contributed by atoms with Crippen LogP contribution in [0.2, 0.25) is 0 Å². The second-order valence-corrected chi connectivity index (χ2v) is 6.30. The van der Waals surface area contributed by atoms with E-state index in [9.17, 15) is 10.1 Å². The summed E-state index contributed by atoms with van der Waals surface area (Å²) in [4.78, 5) is 19.1. The fourth-order valence-corrected chi connectivity index (χ4v) is 2.52. The molecule has 4 N–H and O–H groups in total. The van der Waals surface area contributed by atoms with Gasteiger partial charge in [-0.15, -0.1) is 0 Å². The standard InChI is InChI=1S/C19H20N6O2/c1-11-4-7-14(8-5-11)21-18-16(25(26)27)17(20)23-19(24-18)22-15-9-6-12(2)13(3)10-15/h4-10H,1-3H3,(H4,20,21,22,23,24). The number of nitrogens with two attached hydrogens (primary N) is 1. The second kappa shape index (κ2) is 7.28. The molecule has 2 aromatic carbocycles. The Bertz CT molecular complexity index is 1000. The predicted molar refractivity (Wildman–Crippen MR) is 107 cm³/mol. The van der Waals surface area contributed by atoms with Crippen molar-refractivity contribution in [2.75, 3.05) is 16.4 Å². The highest BCUT2D eigenvalue weighted by Gasteiger charge is 2.23. The molecule has 0 aliphatic carbocycles. The van der Waals surface area contributed by atoms with Gasteiger partial charge in [-0.2, -0.15) is 9.97 Å². The fourth-order valence-electron chi connectivity index (χ4n) is 2.52. The van der Waals surface area contributed by atoms with E-state index in [2.05, 4.69) is 20.6 Å². The average molecular weight is 364 g/mol. The summed E-state index contributed by atoms with van der Waals surface area (Å²) in [7, 11) is 0. The average Bonchev–Trinajstić information content (AvgIpc) is 2.59. The molecular formula is C19H20N6O2. The van der Waals surface area contributed by atoms with Crippen molar-refractivity contribution >= 4 is 34.6 Å². The molecule has 1 heterocycles. The number of nitro groups is 1. The van der Waals surface area contributed by atoms with E-state index < -0.39 is 4.92 Å². The van der Waals surface area contributed by atoms with Crippen LogP contribution in [-0.2, 0) is 0 Å². The van der Waals surface area contributed by atoms with E-state index in [0.29, 0.717) is 5.69 Å². The molecule has 0 unspecified atom stereocenters. The van der Waals surface area contributed by atoms with Crippen molar-refractivity contribution in [1.82, 2.24) is 9.97 Å². The highest BCUT2D eigenvalue weighted by atomic mass is 16.6. The first-order valence-corrected chi connectivity index (χ1v) is 8.33. The summed E-state index contributed by atoms with van der Waals surface area (Å²) in [6.45, 7) is 5.97. The zero-order valence-corrected chi connectivity index (χ0v) is 15.3. The van der Waals surface area contributed by atoms with Crippen LogP contribution in [0.25, 0.3) is 0 Å². The van der Waals surface area contributed by atoms with Crippen LogP contribution in [0, 0.1) is 30.9 Å². The Balaban J connectivity index is 1.98. The minimum absolute atomic E-state index is 0.0303. The molecule has 0 atom stereocenters. The van der Waals surface area contributed by atoms with Crippen LogP contribution in [0.5, 0.6) is 0 Å². The minimum atomic E-state index is -0.592. The van der Waals surface area contributed by atoms with E-state index in [4.69, 9.17) is 5.73 Å². The first-order chi connectivity index (χ1) is 12.8. The third-order valence-corrected chi connectivity index (χ3v) is 4.17. The van der Waals surface area contributed by atoms with Crippen molar-refractivity contribution in [3.63, 3.8) is 0 Å². The molecule has 0 aliphatic heterocycles. The minimum Gasteiger partial charge on any atom is -0.378 e. The zero-order chi connectivity index (χ0) is 19.6. The Labute approximate surface area is 156 Å². The normalized spacial score (nSPS) is 10.5. The van der Waals surface area contributed by atoms with Crippen LogP contribution in [0.1, 0.15) is 16.7 Å². The van der Waals surface area contributed by atoms with Gasteiger partial charge < -0.3 is 16.4 Å². The fraction of sp³-hybridized carbons (Fsp3) is 0.158. The molecule has 0 saturated carbocycles. The van der Waals surface area contributed by atoms with Gasteiger partial charge in [-0.05, 0) is 56.2 Å². The van der Waals surface area contributed by atoms with E-state index in [1.807, 2.05) is 63.2 Å². The lowest BCUT2D eigenvalue weighted by Crippen LogP contribution is -2.08. The van der Waals surface area contributed by atoms with Crippen molar-refractivity contribution in [1.29, 1.82) is 0 Å². The molecule has 8 nitrogen and oxygen atoms in total. The molecule has 3 aromatic rings. The lowest BCUT2D eigenvalue weighted by molar-refractivity contribution is -0.383. The Morgan fingerprint density at radius 3 is 2.22 bits per heavy atom.